The van der Waals surface area contributed by atoms with E-state index in [-0.39, 0.29) is 0 Å². The lowest BCUT2D eigenvalue weighted by atomic mass is 10.6. The zero-order valence-corrected chi connectivity index (χ0v) is 7.27. The zero-order valence-electron chi connectivity index (χ0n) is 6.45. The first-order valence-corrected chi connectivity index (χ1v) is 4.52. The molecule has 0 saturated carbocycles. The van der Waals surface area contributed by atoms with E-state index in [2.05, 4.69) is 16.9 Å². The third-order valence-corrected chi connectivity index (χ3v) is 2.33. The number of hydrogen-bond donors (Lipinski definition) is 1. The van der Waals surface area contributed by atoms with Gasteiger partial charge in [-0.25, -0.2) is 9.97 Å². The van der Waals surface area contributed by atoms with Crippen LogP contribution in [-0.2, 0) is 0 Å². The standard InChI is InChI=1S/C7H11N3S/c1-2-5-11-7-6(8)9-3-4-10-7/h3-4H,2,5H2,1H3,(H2,8,9). The molecule has 1 rings (SSSR count). The number of anilines is 1. The maximum Gasteiger partial charge on any atom is 0.156 e. The van der Waals surface area contributed by atoms with E-state index in [1.165, 1.54) is 0 Å². The molecule has 0 atom stereocenters. The first-order valence-electron chi connectivity index (χ1n) is 3.54. The zero-order chi connectivity index (χ0) is 8.10. The molecule has 0 aromatic carbocycles. The van der Waals surface area contributed by atoms with E-state index < -0.39 is 0 Å². The smallest absolute Gasteiger partial charge is 0.156 e. The second-order valence-electron chi connectivity index (χ2n) is 2.10. The summed E-state index contributed by atoms with van der Waals surface area (Å²) < 4.78 is 0. The van der Waals surface area contributed by atoms with Crippen molar-refractivity contribution in [1.82, 2.24) is 9.97 Å². The molecule has 0 radical (unpaired) electrons. The Balaban J connectivity index is 2.62. The lowest BCUT2D eigenvalue weighted by Gasteiger charge is -1.99. The Labute approximate surface area is 70.4 Å². The molecule has 0 aliphatic heterocycles. The van der Waals surface area contributed by atoms with Crippen molar-refractivity contribution in [1.29, 1.82) is 0 Å². The Hall–Kier alpha value is -0.770. The van der Waals surface area contributed by atoms with Crippen LogP contribution in [0.15, 0.2) is 17.4 Å². The summed E-state index contributed by atoms with van der Waals surface area (Å²) in [4.78, 5) is 8.02. The van der Waals surface area contributed by atoms with Crippen LogP contribution < -0.4 is 5.73 Å². The van der Waals surface area contributed by atoms with Crippen molar-refractivity contribution in [2.24, 2.45) is 0 Å². The van der Waals surface area contributed by atoms with Gasteiger partial charge in [-0.05, 0) is 12.2 Å². The van der Waals surface area contributed by atoms with Gasteiger partial charge in [-0.2, -0.15) is 0 Å². The van der Waals surface area contributed by atoms with Crippen molar-refractivity contribution < 1.29 is 0 Å². The Bertz CT molecular complexity index is 227. The first-order chi connectivity index (χ1) is 5.34. The van der Waals surface area contributed by atoms with Crippen molar-refractivity contribution in [2.75, 3.05) is 11.5 Å². The van der Waals surface area contributed by atoms with Crippen molar-refractivity contribution in [3.8, 4) is 0 Å². The number of nitrogens with zero attached hydrogens (tertiary/aromatic N) is 2. The number of nitrogen functional groups attached to an aromatic ring is 1. The molecule has 0 amide bonds. The third kappa shape index (κ3) is 2.38. The Kier molecular flexibility index (Phi) is 3.16. The summed E-state index contributed by atoms with van der Waals surface area (Å²) in [5.74, 6) is 1.58. The van der Waals surface area contributed by atoms with Crippen LogP contribution in [-0.4, -0.2) is 15.7 Å². The number of rotatable bonds is 3. The number of aromatic nitrogens is 2. The average Bonchev–Trinajstić information content (AvgIpc) is 2.03. The number of nitrogens with two attached hydrogens (primary N) is 1. The quantitative estimate of drug-likeness (QED) is 0.698. The van der Waals surface area contributed by atoms with Gasteiger partial charge in [0.25, 0.3) is 0 Å². The molecular weight excluding hydrogens is 158 g/mol. The molecule has 1 aromatic heterocycles. The summed E-state index contributed by atoms with van der Waals surface area (Å²) in [6, 6.07) is 0. The van der Waals surface area contributed by atoms with Gasteiger partial charge in [0, 0.05) is 12.4 Å². The lowest BCUT2D eigenvalue weighted by Crippen LogP contribution is -1.94. The molecule has 0 spiro atoms. The SMILES string of the molecule is CCCSc1nccnc1N. The van der Waals surface area contributed by atoms with Gasteiger partial charge in [-0.15, -0.1) is 11.8 Å². The highest BCUT2D eigenvalue weighted by Crippen LogP contribution is 2.19. The minimum absolute atomic E-state index is 0.533. The molecule has 4 heteroatoms. The predicted molar refractivity (Wildman–Crippen MR) is 47.5 cm³/mol. The van der Waals surface area contributed by atoms with Crippen molar-refractivity contribution in [3.63, 3.8) is 0 Å². The largest absolute Gasteiger partial charge is 0.381 e. The second-order valence-corrected chi connectivity index (χ2v) is 3.18. The summed E-state index contributed by atoms with van der Waals surface area (Å²) in [7, 11) is 0. The summed E-state index contributed by atoms with van der Waals surface area (Å²) in [6.45, 7) is 2.12. The number of thioether (sulfide) groups is 1. The number of hydrogen-bond acceptors (Lipinski definition) is 4. The van der Waals surface area contributed by atoms with Crippen LogP contribution in [0.25, 0.3) is 0 Å². The molecular formula is C7H11N3S. The van der Waals surface area contributed by atoms with Gasteiger partial charge in [-0.1, -0.05) is 6.92 Å². The van der Waals surface area contributed by atoms with Crippen LogP contribution in [0, 0.1) is 0 Å². The fraction of sp³-hybridized carbons (Fsp3) is 0.429. The van der Waals surface area contributed by atoms with Crippen molar-refractivity contribution >= 4 is 17.6 Å². The molecule has 2 N–H and O–H groups in total. The van der Waals surface area contributed by atoms with E-state index in [4.69, 9.17) is 5.73 Å². The van der Waals surface area contributed by atoms with E-state index >= 15 is 0 Å². The highest BCUT2D eigenvalue weighted by molar-refractivity contribution is 7.99. The lowest BCUT2D eigenvalue weighted by molar-refractivity contribution is 1.05. The van der Waals surface area contributed by atoms with Gasteiger partial charge >= 0.3 is 0 Å². The summed E-state index contributed by atoms with van der Waals surface area (Å²) in [6.07, 6.45) is 4.39. The van der Waals surface area contributed by atoms with Gasteiger partial charge < -0.3 is 5.73 Å². The monoisotopic (exact) mass is 169 g/mol. The highest BCUT2D eigenvalue weighted by Gasteiger charge is 1.98. The molecule has 0 fully saturated rings. The predicted octanol–water partition coefficient (Wildman–Crippen LogP) is 1.56. The van der Waals surface area contributed by atoms with Crippen LogP contribution in [0.5, 0.6) is 0 Å². The van der Waals surface area contributed by atoms with Crippen LogP contribution in [0.3, 0.4) is 0 Å². The Morgan fingerprint density at radius 2 is 2.18 bits per heavy atom. The molecule has 0 aliphatic rings. The topological polar surface area (TPSA) is 51.8 Å². The molecule has 0 saturated heterocycles. The normalized spacial score (nSPS) is 9.91. The molecule has 0 unspecified atom stereocenters. The van der Waals surface area contributed by atoms with Gasteiger partial charge in [-0.3, -0.25) is 0 Å². The maximum absolute atomic E-state index is 5.57. The molecule has 1 heterocycles. The van der Waals surface area contributed by atoms with Gasteiger partial charge in [0.15, 0.2) is 5.82 Å². The van der Waals surface area contributed by atoms with E-state index in [1.54, 1.807) is 24.2 Å². The van der Waals surface area contributed by atoms with Gasteiger partial charge in [0.2, 0.25) is 0 Å². The Morgan fingerprint density at radius 1 is 1.45 bits per heavy atom. The molecule has 3 nitrogen and oxygen atoms in total. The fourth-order valence-corrected chi connectivity index (χ4v) is 1.38. The average molecular weight is 169 g/mol. The van der Waals surface area contributed by atoms with Gasteiger partial charge in [0.1, 0.15) is 5.03 Å². The Morgan fingerprint density at radius 3 is 2.82 bits per heavy atom. The minimum Gasteiger partial charge on any atom is -0.381 e. The second kappa shape index (κ2) is 4.18. The molecule has 0 bridgehead atoms. The molecule has 1 aromatic rings. The first kappa shape index (κ1) is 8.33. The van der Waals surface area contributed by atoms with Gasteiger partial charge in [0.05, 0.1) is 0 Å². The third-order valence-electron chi connectivity index (χ3n) is 1.13. The van der Waals surface area contributed by atoms with E-state index in [9.17, 15) is 0 Å². The summed E-state index contributed by atoms with van der Waals surface area (Å²) in [5, 5.41) is 0.842. The van der Waals surface area contributed by atoms with E-state index in [1.807, 2.05) is 0 Å². The van der Waals surface area contributed by atoms with Crippen LogP contribution in [0.4, 0.5) is 5.82 Å². The highest BCUT2D eigenvalue weighted by atomic mass is 32.2. The van der Waals surface area contributed by atoms with Crippen molar-refractivity contribution in [2.45, 2.75) is 18.4 Å². The van der Waals surface area contributed by atoms with E-state index in [0.29, 0.717) is 5.82 Å². The van der Waals surface area contributed by atoms with Crippen molar-refractivity contribution in [3.05, 3.63) is 12.4 Å². The summed E-state index contributed by atoms with van der Waals surface area (Å²) >= 11 is 1.65. The molecule has 60 valence electrons. The van der Waals surface area contributed by atoms with Crippen LogP contribution in [0.1, 0.15) is 13.3 Å². The maximum atomic E-state index is 5.57. The molecule has 11 heavy (non-hydrogen) atoms. The minimum atomic E-state index is 0.533. The van der Waals surface area contributed by atoms with Crippen LogP contribution in [0.2, 0.25) is 0 Å². The fourth-order valence-electron chi connectivity index (χ4n) is 0.646. The summed E-state index contributed by atoms with van der Waals surface area (Å²) in [5.41, 5.74) is 5.57. The van der Waals surface area contributed by atoms with Crippen LogP contribution >= 0.6 is 11.8 Å². The van der Waals surface area contributed by atoms with E-state index in [0.717, 1.165) is 17.2 Å². The molecule has 0 aliphatic carbocycles.